The molecule has 0 bridgehead atoms. The first kappa shape index (κ1) is 26.4. The Hall–Kier alpha value is -2.69. The number of nitrogens with zero attached hydrogens (tertiary/aromatic N) is 6. The van der Waals surface area contributed by atoms with Crippen LogP contribution in [0, 0.1) is 5.92 Å². The van der Waals surface area contributed by atoms with Crippen molar-refractivity contribution in [1.29, 1.82) is 0 Å². The Balaban J connectivity index is 1.49. The van der Waals surface area contributed by atoms with Crippen LogP contribution >= 0.6 is 0 Å². The monoisotopic (exact) mass is 500 g/mol. The highest BCUT2D eigenvalue weighted by molar-refractivity contribution is 5.76. The summed E-state index contributed by atoms with van der Waals surface area (Å²) in [5.41, 5.74) is 3.22. The number of aryl methyl sites for hydroxylation is 1. The highest BCUT2D eigenvalue weighted by Gasteiger charge is 2.28. The zero-order valence-electron chi connectivity index (χ0n) is 22.0. The quantitative estimate of drug-likeness (QED) is 0.641. The Kier molecular flexibility index (Phi) is 8.81. The van der Waals surface area contributed by atoms with Gasteiger partial charge in [0.2, 0.25) is 5.91 Å². The van der Waals surface area contributed by atoms with Crippen LogP contribution < -0.4 is 9.64 Å². The second-order valence-corrected chi connectivity index (χ2v) is 10.2. The van der Waals surface area contributed by atoms with Crippen LogP contribution in [0.4, 0.5) is 5.69 Å². The maximum Gasteiger partial charge on any atom is 0.222 e. The van der Waals surface area contributed by atoms with Gasteiger partial charge in [-0.3, -0.25) is 9.69 Å². The first-order chi connectivity index (χ1) is 17.4. The van der Waals surface area contributed by atoms with Crippen LogP contribution in [0.25, 0.3) is 0 Å². The third-order valence-corrected chi connectivity index (χ3v) is 7.20. The molecule has 198 valence electrons. The van der Waals surface area contributed by atoms with Crippen molar-refractivity contribution in [3.63, 3.8) is 0 Å². The van der Waals surface area contributed by atoms with Gasteiger partial charge < -0.3 is 24.4 Å². The summed E-state index contributed by atoms with van der Waals surface area (Å²) in [6.07, 6.45) is 2.70. The predicted octanol–water partition coefficient (Wildman–Crippen LogP) is 1.76. The first-order valence-corrected chi connectivity index (χ1v) is 12.9. The number of carbonyl (C=O) groups is 1. The second-order valence-electron chi connectivity index (χ2n) is 10.2. The van der Waals surface area contributed by atoms with Crippen LogP contribution in [0.1, 0.15) is 37.9 Å². The molecule has 1 N–H and O–H groups in total. The van der Waals surface area contributed by atoms with Crippen molar-refractivity contribution in [2.45, 2.75) is 58.5 Å². The fourth-order valence-electron chi connectivity index (χ4n) is 4.93. The molecule has 10 heteroatoms. The SMILES string of the molecule is C[C@@H]1CN([C@@H](C)CO)C(=O)CCCn2nncc2CO[C@@H]1CN(C)Cc1ccc2c(c1)OCCN2C. The Morgan fingerprint density at radius 2 is 2.14 bits per heavy atom. The molecule has 2 aromatic rings. The molecule has 36 heavy (non-hydrogen) atoms. The van der Waals surface area contributed by atoms with Gasteiger partial charge in [0.15, 0.2) is 0 Å². The summed E-state index contributed by atoms with van der Waals surface area (Å²) in [6, 6.07) is 6.16. The van der Waals surface area contributed by atoms with Crippen molar-refractivity contribution in [3.05, 3.63) is 35.7 Å². The second kappa shape index (κ2) is 12.0. The topological polar surface area (TPSA) is 96.2 Å². The lowest BCUT2D eigenvalue weighted by atomic mass is 10.0. The van der Waals surface area contributed by atoms with E-state index in [9.17, 15) is 9.90 Å². The summed E-state index contributed by atoms with van der Waals surface area (Å²) in [7, 11) is 4.17. The van der Waals surface area contributed by atoms with Crippen molar-refractivity contribution in [2.75, 3.05) is 51.8 Å². The summed E-state index contributed by atoms with van der Waals surface area (Å²) < 4.78 is 14.2. The lowest BCUT2D eigenvalue weighted by Gasteiger charge is -2.35. The van der Waals surface area contributed by atoms with Gasteiger partial charge in [0.05, 0.1) is 49.5 Å². The molecule has 0 saturated heterocycles. The molecule has 0 aliphatic carbocycles. The van der Waals surface area contributed by atoms with Crippen LogP contribution in [0.5, 0.6) is 5.75 Å². The maximum absolute atomic E-state index is 13.0. The number of ether oxygens (including phenoxy) is 2. The minimum absolute atomic E-state index is 0.0526. The number of rotatable bonds is 6. The van der Waals surface area contributed by atoms with Gasteiger partial charge in [-0.1, -0.05) is 18.2 Å². The number of benzene rings is 1. The number of amides is 1. The summed E-state index contributed by atoms with van der Waals surface area (Å²) in [6.45, 7) is 8.55. The Morgan fingerprint density at radius 3 is 2.94 bits per heavy atom. The molecule has 1 amide bonds. The van der Waals surface area contributed by atoms with E-state index >= 15 is 0 Å². The van der Waals surface area contributed by atoms with Crippen molar-refractivity contribution < 1.29 is 19.4 Å². The van der Waals surface area contributed by atoms with Crippen molar-refractivity contribution >= 4 is 11.6 Å². The number of aliphatic hydroxyl groups excluding tert-OH is 1. The molecule has 0 spiro atoms. The molecular weight excluding hydrogens is 460 g/mol. The van der Waals surface area contributed by atoms with Gasteiger partial charge in [-0.2, -0.15) is 0 Å². The molecule has 2 aliphatic rings. The fourth-order valence-corrected chi connectivity index (χ4v) is 4.93. The van der Waals surface area contributed by atoms with Gasteiger partial charge in [0, 0.05) is 45.6 Å². The summed E-state index contributed by atoms with van der Waals surface area (Å²) in [5.74, 6) is 1.05. The highest BCUT2D eigenvalue weighted by atomic mass is 16.5. The summed E-state index contributed by atoms with van der Waals surface area (Å²) >= 11 is 0. The van der Waals surface area contributed by atoms with Crippen molar-refractivity contribution in [2.24, 2.45) is 5.92 Å². The number of hydrogen-bond acceptors (Lipinski definition) is 8. The molecule has 1 aromatic carbocycles. The van der Waals surface area contributed by atoms with Crippen LogP contribution in [0.2, 0.25) is 0 Å². The molecule has 0 saturated carbocycles. The minimum atomic E-state index is -0.239. The predicted molar refractivity (Wildman–Crippen MR) is 137 cm³/mol. The number of fused-ring (bicyclic) bond motifs is 2. The third kappa shape index (κ3) is 6.35. The van der Waals surface area contributed by atoms with E-state index in [-0.39, 0.29) is 30.6 Å². The van der Waals surface area contributed by atoms with Gasteiger partial charge in [0.1, 0.15) is 12.4 Å². The zero-order valence-corrected chi connectivity index (χ0v) is 22.0. The van der Waals surface area contributed by atoms with Crippen LogP contribution in [0.15, 0.2) is 24.4 Å². The average molecular weight is 501 g/mol. The van der Waals surface area contributed by atoms with E-state index in [2.05, 4.69) is 59.3 Å². The van der Waals surface area contributed by atoms with Crippen LogP contribution in [-0.4, -0.2) is 94.9 Å². The van der Waals surface area contributed by atoms with E-state index in [0.29, 0.717) is 45.7 Å². The van der Waals surface area contributed by atoms with Crippen molar-refractivity contribution in [1.82, 2.24) is 24.8 Å². The van der Waals surface area contributed by atoms with Gasteiger partial charge in [-0.15, -0.1) is 5.10 Å². The number of hydrogen-bond donors (Lipinski definition) is 1. The van der Waals surface area contributed by atoms with E-state index in [0.717, 1.165) is 30.2 Å². The van der Waals surface area contributed by atoms with E-state index < -0.39 is 0 Å². The average Bonchev–Trinajstić information content (AvgIpc) is 3.31. The number of aromatic nitrogens is 3. The van der Waals surface area contributed by atoms with Gasteiger partial charge in [0.25, 0.3) is 0 Å². The van der Waals surface area contributed by atoms with Crippen molar-refractivity contribution in [3.8, 4) is 5.75 Å². The Labute approximate surface area is 213 Å². The lowest BCUT2D eigenvalue weighted by Crippen LogP contribution is -2.47. The molecule has 2 aliphatic heterocycles. The number of likely N-dealkylation sites (N-methyl/N-ethyl adjacent to an activating group) is 2. The molecule has 0 unspecified atom stereocenters. The lowest BCUT2D eigenvalue weighted by molar-refractivity contribution is -0.136. The van der Waals surface area contributed by atoms with E-state index in [1.54, 1.807) is 6.20 Å². The molecule has 10 nitrogen and oxygen atoms in total. The standard InChI is InChI=1S/C26H40N6O4/c1-19-14-31(20(2)17-33)26(34)6-5-9-32-22(13-27-28-32)18-36-25(19)16-29(3)15-21-7-8-23-24(12-21)35-11-10-30(23)4/h7-8,12-13,19-20,25,33H,5-6,9-11,14-18H2,1-4H3/t19-,20+,25-/m1/s1. The molecular formula is C26H40N6O4. The maximum atomic E-state index is 13.0. The zero-order chi connectivity index (χ0) is 25.7. The molecule has 3 heterocycles. The number of anilines is 1. The van der Waals surface area contributed by atoms with E-state index in [4.69, 9.17) is 9.47 Å². The summed E-state index contributed by atoms with van der Waals surface area (Å²) in [4.78, 5) is 19.3. The van der Waals surface area contributed by atoms with Crippen LogP contribution in [-0.2, 0) is 29.2 Å². The third-order valence-electron chi connectivity index (χ3n) is 7.20. The Morgan fingerprint density at radius 1 is 1.31 bits per heavy atom. The smallest absolute Gasteiger partial charge is 0.222 e. The van der Waals surface area contributed by atoms with Gasteiger partial charge in [-0.25, -0.2) is 4.68 Å². The first-order valence-electron chi connectivity index (χ1n) is 12.9. The van der Waals surface area contributed by atoms with E-state index in [1.807, 2.05) is 16.5 Å². The van der Waals surface area contributed by atoms with Gasteiger partial charge >= 0.3 is 0 Å². The van der Waals surface area contributed by atoms with E-state index in [1.165, 1.54) is 5.56 Å². The fraction of sp³-hybridized carbons (Fsp3) is 0.654. The highest BCUT2D eigenvalue weighted by Crippen LogP contribution is 2.31. The number of carbonyl (C=O) groups excluding carboxylic acids is 1. The molecule has 0 fully saturated rings. The molecule has 4 rings (SSSR count). The molecule has 1 aromatic heterocycles. The Bertz CT molecular complexity index is 1010. The summed E-state index contributed by atoms with van der Waals surface area (Å²) in [5, 5.41) is 18.0. The molecule has 3 atom stereocenters. The minimum Gasteiger partial charge on any atom is -0.490 e. The van der Waals surface area contributed by atoms with Crippen LogP contribution in [0.3, 0.4) is 0 Å². The number of aliphatic hydroxyl groups is 1. The van der Waals surface area contributed by atoms with Gasteiger partial charge in [-0.05, 0) is 38.1 Å². The largest absolute Gasteiger partial charge is 0.490 e. The normalized spacial score (nSPS) is 22.3. The molecule has 0 radical (unpaired) electrons.